The highest BCUT2D eigenvalue weighted by molar-refractivity contribution is 7.93. The topological polar surface area (TPSA) is 85.4 Å². The predicted molar refractivity (Wildman–Crippen MR) is 89.3 cm³/mol. The van der Waals surface area contributed by atoms with Gasteiger partial charge in [0.2, 0.25) is 0 Å². The molecule has 0 aliphatic rings. The monoisotopic (exact) mass is 354 g/mol. The van der Waals surface area contributed by atoms with Gasteiger partial charge in [-0.15, -0.1) is 11.3 Å². The fraction of sp³-hybridized carbons (Fsp3) is 0.333. The first-order valence-corrected chi connectivity index (χ1v) is 9.16. The van der Waals surface area contributed by atoms with Crippen LogP contribution in [0.25, 0.3) is 0 Å². The summed E-state index contributed by atoms with van der Waals surface area (Å²) in [7, 11) is -2.40. The molecule has 8 heteroatoms. The van der Waals surface area contributed by atoms with E-state index in [-0.39, 0.29) is 22.4 Å². The molecule has 0 amide bonds. The predicted octanol–water partition coefficient (Wildman–Crippen LogP) is 2.58. The van der Waals surface area contributed by atoms with E-state index in [0.717, 1.165) is 22.5 Å². The van der Waals surface area contributed by atoms with Crippen LogP contribution in [0.15, 0.2) is 23.1 Å². The Labute approximate surface area is 139 Å². The zero-order valence-electron chi connectivity index (χ0n) is 13.3. The molecule has 0 saturated carbocycles. The maximum Gasteiger partial charge on any atom is 0.310 e. The van der Waals surface area contributed by atoms with E-state index in [1.165, 1.54) is 7.11 Å². The lowest BCUT2D eigenvalue weighted by molar-refractivity contribution is -0.139. The number of ether oxygens (including phenoxy) is 1. The molecule has 1 N–H and O–H groups in total. The maximum absolute atomic E-state index is 12.4. The van der Waals surface area contributed by atoms with Crippen LogP contribution < -0.4 is 4.72 Å². The Kier molecular flexibility index (Phi) is 5.06. The van der Waals surface area contributed by atoms with Crippen molar-refractivity contribution in [2.24, 2.45) is 0 Å². The van der Waals surface area contributed by atoms with E-state index in [0.29, 0.717) is 10.6 Å². The number of aromatic nitrogens is 1. The summed E-state index contributed by atoms with van der Waals surface area (Å²) >= 11 is 1.13. The summed E-state index contributed by atoms with van der Waals surface area (Å²) in [5.41, 5.74) is 2.53. The second-order valence-electron chi connectivity index (χ2n) is 5.13. The number of nitrogens with zero attached hydrogens (tertiary/aromatic N) is 1. The number of sulfonamides is 1. The Hall–Kier alpha value is -1.93. The number of nitrogens with one attached hydrogen (secondary N) is 1. The highest BCUT2D eigenvalue weighted by atomic mass is 32.2. The van der Waals surface area contributed by atoms with Gasteiger partial charge in [0.15, 0.2) is 5.13 Å². The van der Waals surface area contributed by atoms with Gasteiger partial charge in [0.25, 0.3) is 10.0 Å². The van der Waals surface area contributed by atoms with Gasteiger partial charge in [0, 0.05) is 4.88 Å². The number of thiazole rings is 1. The minimum atomic E-state index is -3.71. The second-order valence-corrected chi connectivity index (χ2v) is 7.90. The lowest BCUT2D eigenvalue weighted by Gasteiger charge is -2.07. The Morgan fingerprint density at radius 1 is 1.26 bits per heavy atom. The molecule has 0 atom stereocenters. The van der Waals surface area contributed by atoms with Crippen molar-refractivity contribution < 1.29 is 17.9 Å². The third-order valence-corrected chi connectivity index (χ3v) is 5.97. The number of carbonyl (C=O) groups excluding carboxylic acids is 1. The highest BCUT2D eigenvalue weighted by Gasteiger charge is 2.19. The zero-order chi connectivity index (χ0) is 17.2. The van der Waals surface area contributed by atoms with Gasteiger partial charge in [0.1, 0.15) is 0 Å². The van der Waals surface area contributed by atoms with E-state index in [2.05, 4.69) is 14.4 Å². The lowest BCUT2D eigenvalue weighted by atomic mass is 10.1. The Bertz CT molecular complexity index is 841. The normalized spacial score (nSPS) is 11.3. The molecule has 1 heterocycles. The number of benzene rings is 1. The van der Waals surface area contributed by atoms with Crippen LogP contribution in [0.1, 0.15) is 21.7 Å². The summed E-state index contributed by atoms with van der Waals surface area (Å²) in [6.45, 7) is 5.50. The van der Waals surface area contributed by atoms with Gasteiger partial charge in [-0.25, -0.2) is 13.4 Å². The summed E-state index contributed by atoms with van der Waals surface area (Å²) in [6, 6.07) is 4.94. The second kappa shape index (κ2) is 6.67. The average molecular weight is 354 g/mol. The van der Waals surface area contributed by atoms with Crippen molar-refractivity contribution in [2.45, 2.75) is 32.1 Å². The van der Waals surface area contributed by atoms with Gasteiger partial charge in [-0.1, -0.05) is 6.07 Å². The standard InChI is InChI=1S/C15H18N2O4S2/c1-9-5-6-12(7-10(9)2)23(19,20)17-15-16-11(3)13(22-15)8-14(18)21-4/h5-7H,8H2,1-4H3,(H,16,17). The van der Waals surface area contributed by atoms with Crippen LogP contribution >= 0.6 is 11.3 Å². The van der Waals surface area contributed by atoms with Crippen molar-refractivity contribution >= 4 is 32.5 Å². The van der Waals surface area contributed by atoms with Crippen molar-refractivity contribution in [3.05, 3.63) is 39.9 Å². The largest absolute Gasteiger partial charge is 0.469 e. The first-order valence-electron chi connectivity index (χ1n) is 6.86. The van der Waals surface area contributed by atoms with Gasteiger partial charge in [0.05, 0.1) is 24.1 Å². The molecular weight excluding hydrogens is 336 g/mol. The summed E-state index contributed by atoms with van der Waals surface area (Å²) < 4.78 is 31.9. The molecule has 0 radical (unpaired) electrons. The molecule has 0 bridgehead atoms. The van der Waals surface area contributed by atoms with E-state index in [1.54, 1.807) is 25.1 Å². The van der Waals surface area contributed by atoms with Gasteiger partial charge < -0.3 is 4.74 Å². The van der Waals surface area contributed by atoms with Crippen molar-refractivity contribution in [1.82, 2.24) is 4.98 Å². The number of anilines is 1. The Morgan fingerprint density at radius 3 is 2.57 bits per heavy atom. The molecular formula is C15H18N2O4S2. The molecule has 6 nitrogen and oxygen atoms in total. The quantitative estimate of drug-likeness (QED) is 0.834. The van der Waals surface area contributed by atoms with Crippen LogP contribution in [0.3, 0.4) is 0 Å². The first-order chi connectivity index (χ1) is 10.7. The highest BCUT2D eigenvalue weighted by Crippen LogP contribution is 2.26. The number of aryl methyl sites for hydroxylation is 3. The Balaban J connectivity index is 2.25. The SMILES string of the molecule is COC(=O)Cc1sc(NS(=O)(=O)c2ccc(C)c(C)c2)nc1C. The van der Waals surface area contributed by atoms with E-state index >= 15 is 0 Å². The van der Waals surface area contributed by atoms with Crippen LogP contribution in [0.5, 0.6) is 0 Å². The molecule has 2 aromatic rings. The fourth-order valence-corrected chi connectivity index (χ4v) is 4.16. The molecule has 23 heavy (non-hydrogen) atoms. The molecule has 0 saturated heterocycles. The molecule has 0 fully saturated rings. The van der Waals surface area contributed by atoms with Gasteiger partial charge in [-0.3, -0.25) is 9.52 Å². The van der Waals surface area contributed by atoms with Crippen LogP contribution in [-0.4, -0.2) is 26.5 Å². The average Bonchev–Trinajstić information content (AvgIpc) is 2.80. The lowest BCUT2D eigenvalue weighted by Crippen LogP contribution is -2.13. The van der Waals surface area contributed by atoms with Crippen LogP contribution in [-0.2, 0) is 26.0 Å². The van der Waals surface area contributed by atoms with Crippen molar-refractivity contribution in [3.8, 4) is 0 Å². The van der Waals surface area contributed by atoms with E-state index < -0.39 is 10.0 Å². The molecule has 0 aliphatic heterocycles. The van der Waals surface area contributed by atoms with Crippen LogP contribution in [0, 0.1) is 20.8 Å². The number of esters is 1. The molecule has 1 aromatic carbocycles. The number of hydrogen-bond donors (Lipinski definition) is 1. The number of rotatable bonds is 5. The van der Waals surface area contributed by atoms with E-state index in [4.69, 9.17) is 0 Å². The minimum absolute atomic E-state index is 0.0748. The summed E-state index contributed by atoms with van der Waals surface area (Å²) in [4.78, 5) is 16.4. The van der Waals surface area contributed by atoms with E-state index in [9.17, 15) is 13.2 Å². The maximum atomic E-state index is 12.4. The molecule has 2 rings (SSSR count). The zero-order valence-corrected chi connectivity index (χ0v) is 15.0. The molecule has 1 aromatic heterocycles. The van der Waals surface area contributed by atoms with Gasteiger partial charge in [-0.05, 0) is 44.0 Å². The molecule has 0 spiro atoms. The van der Waals surface area contributed by atoms with Gasteiger partial charge >= 0.3 is 5.97 Å². The smallest absolute Gasteiger partial charge is 0.310 e. The minimum Gasteiger partial charge on any atom is -0.469 e. The van der Waals surface area contributed by atoms with Crippen molar-refractivity contribution in [3.63, 3.8) is 0 Å². The molecule has 0 aliphatic carbocycles. The molecule has 0 unspecified atom stereocenters. The summed E-state index contributed by atoms with van der Waals surface area (Å²) in [5.74, 6) is -0.389. The van der Waals surface area contributed by atoms with Crippen molar-refractivity contribution in [1.29, 1.82) is 0 Å². The fourth-order valence-electron chi connectivity index (χ4n) is 1.89. The Morgan fingerprint density at radius 2 is 1.96 bits per heavy atom. The molecule has 124 valence electrons. The summed E-state index contributed by atoms with van der Waals surface area (Å²) in [5, 5.41) is 0.236. The van der Waals surface area contributed by atoms with E-state index in [1.807, 2.05) is 13.8 Å². The first kappa shape index (κ1) is 17.4. The number of methoxy groups -OCH3 is 1. The van der Waals surface area contributed by atoms with Gasteiger partial charge in [-0.2, -0.15) is 0 Å². The third-order valence-electron chi connectivity index (χ3n) is 3.44. The number of carbonyl (C=O) groups is 1. The van der Waals surface area contributed by atoms with Crippen LogP contribution in [0.2, 0.25) is 0 Å². The third kappa shape index (κ3) is 4.08. The van der Waals surface area contributed by atoms with Crippen LogP contribution in [0.4, 0.5) is 5.13 Å². The summed E-state index contributed by atoms with van der Waals surface area (Å²) in [6.07, 6.45) is 0.0748. The number of hydrogen-bond acceptors (Lipinski definition) is 6. The van der Waals surface area contributed by atoms with Crippen molar-refractivity contribution in [2.75, 3.05) is 11.8 Å².